The highest BCUT2D eigenvalue weighted by molar-refractivity contribution is 6.02. The Morgan fingerprint density at radius 2 is 1.72 bits per heavy atom. The lowest BCUT2D eigenvalue weighted by molar-refractivity contribution is 0.101. The first-order valence-electron chi connectivity index (χ1n) is 8.14. The SMILES string of the molecule is CCc1ccc(-n2ccc(=O)c(C(=O)Nc3ccc(C)cc3)n2)cc1. The predicted octanol–water partition coefficient (Wildman–Crippen LogP) is 3.36. The summed E-state index contributed by atoms with van der Waals surface area (Å²) in [5.74, 6) is -0.520. The lowest BCUT2D eigenvalue weighted by Gasteiger charge is -2.09. The number of amides is 1. The van der Waals surface area contributed by atoms with E-state index in [9.17, 15) is 9.59 Å². The van der Waals surface area contributed by atoms with E-state index in [0.717, 1.165) is 17.7 Å². The fourth-order valence-electron chi connectivity index (χ4n) is 2.42. The molecule has 0 saturated heterocycles. The summed E-state index contributed by atoms with van der Waals surface area (Å²) in [5, 5.41) is 6.91. The summed E-state index contributed by atoms with van der Waals surface area (Å²) in [6, 6.07) is 16.5. The Bertz CT molecular complexity index is 942. The van der Waals surface area contributed by atoms with E-state index in [1.165, 1.54) is 16.3 Å². The molecule has 1 amide bonds. The zero-order valence-electron chi connectivity index (χ0n) is 14.2. The smallest absolute Gasteiger partial charge is 0.280 e. The zero-order chi connectivity index (χ0) is 17.8. The van der Waals surface area contributed by atoms with Gasteiger partial charge in [-0.3, -0.25) is 9.59 Å². The molecule has 0 saturated carbocycles. The lowest BCUT2D eigenvalue weighted by Crippen LogP contribution is -2.25. The highest BCUT2D eigenvalue weighted by atomic mass is 16.2. The summed E-state index contributed by atoms with van der Waals surface area (Å²) < 4.78 is 1.53. The van der Waals surface area contributed by atoms with Crippen molar-refractivity contribution in [2.45, 2.75) is 20.3 Å². The van der Waals surface area contributed by atoms with Crippen molar-refractivity contribution in [3.8, 4) is 5.69 Å². The summed E-state index contributed by atoms with van der Waals surface area (Å²) >= 11 is 0. The molecule has 5 heteroatoms. The average molecular weight is 333 g/mol. The van der Waals surface area contributed by atoms with Crippen molar-refractivity contribution in [3.05, 3.63) is 87.8 Å². The Hall–Kier alpha value is -3.21. The van der Waals surface area contributed by atoms with Gasteiger partial charge in [0, 0.05) is 18.0 Å². The van der Waals surface area contributed by atoms with Crippen LogP contribution in [-0.4, -0.2) is 15.7 Å². The van der Waals surface area contributed by atoms with Gasteiger partial charge in [0.15, 0.2) is 5.69 Å². The standard InChI is InChI=1S/C20H19N3O2/c1-3-15-6-10-17(11-7-15)23-13-12-18(24)19(22-23)20(25)21-16-8-4-14(2)5-9-16/h4-13H,3H2,1-2H3,(H,21,25). The van der Waals surface area contributed by atoms with E-state index in [-0.39, 0.29) is 5.69 Å². The molecule has 126 valence electrons. The minimum absolute atomic E-state index is 0.136. The highest BCUT2D eigenvalue weighted by Crippen LogP contribution is 2.11. The Morgan fingerprint density at radius 1 is 1.04 bits per heavy atom. The monoisotopic (exact) mass is 333 g/mol. The van der Waals surface area contributed by atoms with Crippen molar-refractivity contribution < 1.29 is 4.79 Å². The largest absolute Gasteiger partial charge is 0.320 e. The third kappa shape index (κ3) is 3.83. The van der Waals surface area contributed by atoms with Crippen molar-refractivity contribution >= 4 is 11.6 Å². The van der Waals surface area contributed by atoms with Gasteiger partial charge in [0.05, 0.1) is 5.69 Å². The third-order valence-electron chi connectivity index (χ3n) is 3.94. The first-order chi connectivity index (χ1) is 12.1. The Balaban J connectivity index is 1.89. The van der Waals surface area contributed by atoms with Gasteiger partial charge in [0.1, 0.15) is 0 Å². The minimum Gasteiger partial charge on any atom is -0.320 e. The van der Waals surface area contributed by atoms with Crippen LogP contribution in [0.1, 0.15) is 28.5 Å². The second kappa shape index (κ2) is 7.13. The molecule has 0 atom stereocenters. The molecule has 0 fully saturated rings. The van der Waals surface area contributed by atoms with E-state index >= 15 is 0 Å². The number of carbonyl (C=O) groups is 1. The van der Waals surface area contributed by atoms with Crippen molar-refractivity contribution in [1.82, 2.24) is 9.78 Å². The van der Waals surface area contributed by atoms with Crippen LogP contribution in [0.4, 0.5) is 5.69 Å². The molecule has 0 aliphatic heterocycles. The van der Waals surface area contributed by atoms with E-state index < -0.39 is 11.3 Å². The Morgan fingerprint density at radius 3 is 2.36 bits per heavy atom. The number of hydrogen-bond donors (Lipinski definition) is 1. The second-order valence-corrected chi connectivity index (χ2v) is 5.81. The molecule has 25 heavy (non-hydrogen) atoms. The van der Waals surface area contributed by atoms with E-state index in [2.05, 4.69) is 17.3 Å². The summed E-state index contributed by atoms with van der Waals surface area (Å²) in [6.07, 6.45) is 2.51. The van der Waals surface area contributed by atoms with Crippen LogP contribution in [0.2, 0.25) is 0 Å². The number of benzene rings is 2. The minimum atomic E-state index is -0.520. The van der Waals surface area contributed by atoms with Crippen LogP contribution in [0, 0.1) is 6.92 Å². The molecule has 0 aliphatic rings. The molecule has 0 radical (unpaired) electrons. The molecule has 2 aromatic carbocycles. The molecule has 3 rings (SSSR count). The van der Waals surface area contributed by atoms with Gasteiger partial charge in [0.2, 0.25) is 5.43 Å². The van der Waals surface area contributed by atoms with Gasteiger partial charge < -0.3 is 5.32 Å². The molecule has 1 aromatic heterocycles. The van der Waals surface area contributed by atoms with Crippen molar-refractivity contribution in [2.24, 2.45) is 0 Å². The number of nitrogens with zero attached hydrogens (tertiary/aromatic N) is 2. The molecule has 1 N–H and O–H groups in total. The fourth-order valence-corrected chi connectivity index (χ4v) is 2.42. The van der Waals surface area contributed by atoms with Crippen LogP contribution >= 0.6 is 0 Å². The van der Waals surface area contributed by atoms with E-state index in [1.54, 1.807) is 18.3 Å². The molecule has 1 heterocycles. The van der Waals surface area contributed by atoms with Crippen molar-refractivity contribution in [2.75, 3.05) is 5.32 Å². The molecular formula is C20H19N3O2. The molecule has 0 unspecified atom stereocenters. The van der Waals surface area contributed by atoms with Crippen LogP contribution in [0.5, 0.6) is 0 Å². The van der Waals surface area contributed by atoms with Crippen LogP contribution in [0.15, 0.2) is 65.6 Å². The van der Waals surface area contributed by atoms with Crippen LogP contribution in [0.3, 0.4) is 0 Å². The number of aryl methyl sites for hydroxylation is 2. The number of nitrogens with one attached hydrogen (secondary N) is 1. The summed E-state index contributed by atoms with van der Waals surface area (Å²) in [4.78, 5) is 24.5. The highest BCUT2D eigenvalue weighted by Gasteiger charge is 2.13. The van der Waals surface area contributed by atoms with Crippen molar-refractivity contribution in [1.29, 1.82) is 0 Å². The van der Waals surface area contributed by atoms with Gasteiger partial charge >= 0.3 is 0 Å². The molecule has 3 aromatic rings. The topological polar surface area (TPSA) is 64.0 Å². The maximum Gasteiger partial charge on any atom is 0.280 e. The number of hydrogen-bond acceptors (Lipinski definition) is 3. The second-order valence-electron chi connectivity index (χ2n) is 5.81. The third-order valence-corrected chi connectivity index (χ3v) is 3.94. The molecule has 5 nitrogen and oxygen atoms in total. The fraction of sp³-hybridized carbons (Fsp3) is 0.150. The average Bonchev–Trinajstić information content (AvgIpc) is 2.64. The molecule has 0 spiro atoms. The first-order valence-corrected chi connectivity index (χ1v) is 8.14. The quantitative estimate of drug-likeness (QED) is 0.796. The number of rotatable bonds is 4. The van der Waals surface area contributed by atoms with Gasteiger partial charge in [-0.15, -0.1) is 0 Å². The summed E-state index contributed by atoms with van der Waals surface area (Å²) in [6.45, 7) is 4.05. The van der Waals surface area contributed by atoms with Crippen LogP contribution in [-0.2, 0) is 6.42 Å². The molecule has 0 aliphatic carbocycles. The zero-order valence-corrected chi connectivity index (χ0v) is 14.2. The van der Waals surface area contributed by atoms with Crippen LogP contribution < -0.4 is 10.7 Å². The van der Waals surface area contributed by atoms with Gasteiger partial charge in [0.25, 0.3) is 5.91 Å². The van der Waals surface area contributed by atoms with Gasteiger partial charge in [-0.25, -0.2) is 4.68 Å². The maximum absolute atomic E-state index is 12.4. The lowest BCUT2D eigenvalue weighted by atomic mass is 10.1. The number of carbonyl (C=O) groups excluding carboxylic acids is 1. The van der Waals surface area contributed by atoms with Gasteiger partial charge in [-0.2, -0.15) is 5.10 Å². The van der Waals surface area contributed by atoms with E-state index in [4.69, 9.17) is 0 Å². The summed E-state index contributed by atoms with van der Waals surface area (Å²) in [7, 11) is 0. The van der Waals surface area contributed by atoms with Crippen LogP contribution in [0.25, 0.3) is 5.69 Å². The van der Waals surface area contributed by atoms with Gasteiger partial charge in [-0.05, 0) is 43.2 Å². The summed E-state index contributed by atoms with van der Waals surface area (Å²) in [5.41, 5.74) is 3.17. The maximum atomic E-state index is 12.4. The normalized spacial score (nSPS) is 10.5. The number of anilines is 1. The van der Waals surface area contributed by atoms with E-state index in [0.29, 0.717) is 5.69 Å². The van der Waals surface area contributed by atoms with E-state index in [1.807, 2.05) is 43.3 Å². The molecular weight excluding hydrogens is 314 g/mol. The Kier molecular flexibility index (Phi) is 4.75. The van der Waals surface area contributed by atoms with Crippen molar-refractivity contribution in [3.63, 3.8) is 0 Å². The predicted molar refractivity (Wildman–Crippen MR) is 98.3 cm³/mol. The number of aromatic nitrogens is 2. The van der Waals surface area contributed by atoms with Gasteiger partial charge in [-0.1, -0.05) is 36.8 Å². The molecule has 0 bridgehead atoms. The Labute approximate surface area is 145 Å². The first kappa shape index (κ1) is 16.6.